The maximum absolute atomic E-state index is 13.6. The van der Waals surface area contributed by atoms with Crippen molar-refractivity contribution in [1.29, 1.82) is 0 Å². The van der Waals surface area contributed by atoms with Gasteiger partial charge < -0.3 is 15.3 Å². The van der Waals surface area contributed by atoms with Crippen molar-refractivity contribution < 1.29 is 14.3 Å². The second-order valence-corrected chi connectivity index (χ2v) is 10.3. The summed E-state index contributed by atoms with van der Waals surface area (Å²) < 4.78 is 13.6. The van der Waals surface area contributed by atoms with Gasteiger partial charge in [-0.3, -0.25) is 9.69 Å². The summed E-state index contributed by atoms with van der Waals surface area (Å²) in [5, 5.41) is 13.1. The predicted molar refractivity (Wildman–Crippen MR) is 124 cm³/mol. The molecule has 5 nitrogen and oxygen atoms in total. The van der Waals surface area contributed by atoms with E-state index in [2.05, 4.69) is 22.0 Å². The molecule has 0 bridgehead atoms. The molecular formula is C23H34Cl2FN3O2. The number of nitrogens with one attached hydrogen (secondary N) is 1. The average molecular weight is 474 g/mol. The van der Waals surface area contributed by atoms with E-state index in [4.69, 9.17) is 23.2 Å². The summed E-state index contributed by atoms with van der Waals surface area (Å²) in [7, 11) is 0. The molecule has 3 rings (SSSR count). The quantitative estimate of drug-likeness (QED) is 0.598. The molecule has 0 spiro atoms. The van der Waals surface area contributed by atoms with Crippen LogP contribution in [-0.2, 0) is 4.79 Å². The smallest absolute Gasteiger partial charge is 0.251 e. The molecule has 1 aromatic rings. The monoisotopic (exact) mass is 473 g/mol. The molecule has 1 aromatic carbocycles. The first kappa shape index (κ1) is 24.6. The second-order valence-electron chi connectivity index (χ2n) is 9.58. The molecule has 1 saturated heterocycles. The first-order valence-corrected chi connectivity index (χ1v) is 12.0. The number of piperazine rings is 1. The second kappa shape index (κ2) is 10.2. The largest absolute Gasteiger partial charge is 0.381 e. The van der Waals surface area contributed by atoms with Gasteiger partial charge in [0.25, 0.3) is 5.91 Å². The van der Waals surface area contributed by atoms with Crippen LogP contribution in [0.4, 0.5) is 10.1 Å². The maximum Gasteiger partial charge on any atom is 0.251 e. The number of halogens is 3. The highest BCUT2D eigenvalue weighted by atomic mass is 35.5. The summed E-state index contributed by atoms with van der Waals surface area (Å²) in [6.45, 7) is 8.96. The van der Waals surface area contributed by atoms with Gasteiger partial charge in [0.1, 0.15) is 11.4 Å². The number of anilines is 1. The Hall–Kier alpha value is -1.08. The molecule has 1 atom stereocenters. The predicted octanol–water partition coefficient (Wildman–Crippen LogP) is 4.48. The summed E-state index contributed by atoms with van der Waals surface area (Å²) in [5.41, 5.74) is -0.522. The van der Waals surface area contributed by atoms with E-state index in [1.807, 2.05) is 0 Å². The third kappa shape index (κ3) is 6.25. The Morgan fingerprint density at radius 1 is 1.19 bits per heavy atom. The lowest BCUT2D eigenvalue weighted by atomic mass is 9.83. The van der Waals surface area contributed by atoms with Crippen LogP contribution < -0.4 is 10.2 Å². The Morgan fingerprint density at radius 2 is 1.87 bits per heavy atom. The number of carbonyl (C=O) groups is 1. The highest BCUT2D eigenvalue weighted by molar-refractivity contribution is 6.43. The molecule has 1 heterocycles. The van der Waals surface area contributed by atoms with Crippen LogP contribution in [0.15, 0.2) is 12.1 Å². The van der Waals surface area contributed by atoms with Crippen molar-refractivity contribution in [1.82, 2.24) is 10.2 Å². The third-order valence-corrected chi connectivity index (χ3v) is 7.48. The van der Waals surface area contributed by atoms with Gasteiger partial charge in [-0.1, -0.05) is 23.2 Å². The van der Waals surface area contributed by atoms with Gasteiger partial charge in [0.05, 0.1) is 15.7 Å². The number of amides is 1. The molecule has 31 heavy (non-hydrogen) atoms. The van der Waals surface area contributed by atoms with Crippen molar-refractivity contribution in [2.75, 3.05) is 31.1 Å². The molecule has 0 radical (unpaired) electrons. The van der Waals surface area contributed by atoms with Gasteiger partial charge in [0, 0.05) is 31.7 Å². The number of aliphatic hydroxyl groups is 1. The van der Waals surface area contributed by atoms with Crippen LogP contribution in [0.3, 0.4) is 0 Å². The van der Waals surface area contributed by atoms with Crippen LogP contribution in [0.25, 0.3) is 0 Å². The fraction of sp³-hybridized carbons (Fsp3) is 0.696. The standard InChI is InChI=1S/C23H34Cl2FN3O2/c1-15-14-28(12-13-29(15)19-9-8-18(26)20(24)21(19)25)11-10-16-4-6-17(7-5-16)27-22(30)23(2,3)31/h8-9,15-17,31H,4-7,10-14H2,1-3H3,(H,27,30). The van der Waals surface area contributed by atoms with E-state index in [1.54, 1.807) is 6.07 Å². The molecule has 174 valence electrons. The zero-order valence-corrected chi connectivity index (χ0v) is 20.1. The minimum Gasteiger partial charge on any atom is -0.381 e. The Bertz CT molecular complexity index is 779. The molecular weight excluding hydrogens is 440 g/mol. The fourth-order valence-corrected chi connectivity index (χ4v) is 5.08. The van der Waals surface area contributed by atoms with E-state index in [0.29, 0.717) is 5.92 Å². The third-order valence-electron chi connectivity index (χ3n) is 6.63. The van der Waals surface area contributed by atoms with Crippen LogP contribution in [0.5, 0.6) is 0 Å². The summed E-state index contributed by atoms with van der Waals surface area (Å²) in [6, 6.07) is 3.53. The highest BCUT2D eigenvalue weighted by Crippen LogP contribution is 2.36. The van der Waals surface area contributed by atoms with Gasteiger partial charge in [0.15, 0.2) is 0 Å². The van der Waals surface area contributed by atoms with Gasteiger partial charge >= 0.3 is 0 Å². The minimum absolute atomic E-state index is 0.0110. The van der Waals surface area contributed by atoms with Gasteiger partial charge in [0.2, 0.25) is 0 Å². The summed E-state index contributed by atoms with van der Waals surface area (Å²) in [5.74, 6) is -0.101. The number of nitrogens with zero attached hydrogens (tertiary/aromatic N) is 2. The zero-order valence-electron chi connectivity index (χ0n) is 18.6. The minimum atomic E-state index is -1.32. The van der Waals surface area contributed by atoms with Gasteiger partial charge in [-0.25, -0.2) is 4.39 Å². The zero-order chi connectivity index (χ0) is 22.8. The average Bonchev–Trinajstić information content (AvgIpc) is 2.72. The first-order chi connectivity index (χ1) is 14.6. The molecule has 8 heteroatoms. The van der Waals surface area contributed by atoms with Crippen molar-refractivity contribution in [2.24, 2.45) is 5.92 Å². The van der Waals surface area contributed by atoms with Crippen LogP contribution in [0.2, 0.25) is 10.0 Å². The van der Waals surface area contributed by atoms with Crippen LogP contribution in [-0.4, -0.2) is 59.8 Å². The number of carbonyl (C=O) groups excluding carboxylic acids is 1. The Labute approximate surface area is 194 Å². The molecule has 1 unspecified atom stereocenters. The summed E-state index contributed by atoms with van der Waals surface area (Å²) in [6.07, 6.45) is 5.31. The van der Waals surface area contributed by atoms with Crippen LogP contribution in [0, 0.1) is 11.7 Å². The molecule has 2 fully saturated rings. The topological polar surface area (TPSA) is 55.8 Å². The lowest BCUT2D eigenvalue weighted by molar-refractivity contribution is -0.137. The van der Waals surface area contributed by atoms with Crippen LogP contribution >= 0.6 is 23.2 Å². The number of hydrogen-bond acceptors (Lipinski definition) is 4. The van der Waals surface area contributed by atoms with E-state index in [1.165, 1.54) is 19.9 Å². The normalized spacial score (nSPS) is 25.5. The summed E-state index contributed by atoms with van der Waals surface area (Å²) >= 11 is 12.3. The van der Waals surface area contributed by atoms with Crippen molar-refractivity contribution in [3.8, 4) is 0 Å². The van der Waals surface area contributed by atoms with Crippen molar-refractivity contribution in [3.63, 3.8) is 0 Å². The molecule has 2 N–H and O–H groups in total. The van der Waals surface area contributed by atoms with E-state index < -0.39 is 11.4 Å². The Morgan fingerprint density at radius 3 is 2.48 bits per heavy atom. The fourth-order valence-electron chi connectivity index (χ4n) is 4.65. The van der Waals surface area contributed by atoms with Crippen molar-refractivity contribution in [3.05, 3.63) is 28.0 Å². The first-order valence-electron chi connectivity index (χ1n) is 11.2. The van der Waals surface area contributed by atoms with E-state index >= 15 is 0 Å². The maximum atomic E-state index is 13.6. The van der Waals surface area contributed by atoms with E-state index in [-0.39, 0.29) is 28.0 Å². The number of benzene rings is 1. The lowest BCUT2D eigenvalue weighted by Gasteiger charge is -2.42. The van der Waals surface area contributed by atoms with Crippen LogP contribution in [0.1, 0.15) is 52.9 Å². The molecule has 1 saturated carbocycles. The highest BCUT2D eigenvalue weighted by Gasteiger charge is 2.30. The Kier molecular flexibility index (Phi) is 8.11. The Balaban J connectivity index is 1.43. The van der Waals surface area contributed by atoms with Crippen molar-refractivity contribution >= 4 is 34.8 Å². The molecule has 0 aromatic heterocycles. The van der Waals surface area contributed by atoms with E-state index in [9.17, 15) is 14.3 Å². The molecule has 1 aliphatic carbocycles. The molecule has 2 aliphatic rings. The number of rotatable bonds is 6. The molecule has 1 amide bonds. The van der Waals surface area contributed by atoms with Gasteiger partial charge in [-0.05, 0) is 77.5 Å². The van der Waals surface area contributed by atoms with Crippen molar-refractivity contribution in [2.45, 2.75) is 70.6 Å². The van der Waals surface area contributed by atoms with Gasteiger partial charge in [-0.15, -0.1) is 0 Å². The van der Waals surface area contributed by atoms with E-state index in [0.717, 1.165) is 64.0 Å². The number of hydrogen-bond donors (Lipinski definition) is 2. The molecule has 1 aliphatic heterocycles. The lowest BCUT2D eigenvalue weighted by Crippen LogP contribution is -2.52. The SMILES string of the molecule is CC1CN(CCC2CCC(NC(=O)C(C)(C)O)CC2)CCN1c1ccc(F)c(Cl)c1Cl. The summed E-state index contributed by atoms with van der Waals surface area (Å²) in [4.78, 5) is 16.7. The van der Waals surface area contributed by atoms with Gasteiger partial charge in [-0.2, -0.15) is 0 Å².